The van der Waals surface area contributed by atoms with Gasteiger partial charge in [0.1, 0.15) is 0 Å². The summed E-state index contributed by atoms with van der Waals surface area (Å²) in [6.07, 6.45) is 5.04. The molecular weight excluding hydrogens is 216 g/mol. The molecule has 0 fully saturated rings. The predicted molar refractivity (Wildman–Crippen MR) is 64.4 cm³/mol. The van der Waals surface area contributed by atoms with Crippen molar-refractivity contribution in [3.63, 3.8) is 0 Å². The maximum absolute atomic E-state index is 12.0. The van der Waals surface area contributed by atoms with Crippen molar-refractivity contribution in [2.45, 2.75) is 6.92 Å². The van der Waals surface area contributed by atoms with Crippen LogP contribution in [-0.2, 0) is 9.59 Å². The van der Waals surface area contributed by atoms with Crippen molar-refractivity contribution in [1.29, 1.82) is 0 Å². The number of carbonyl (C=O) groups is 2. The van der Waals surface area contributed by atoms with Crippen molar-refractivity contribution in [1.82, 2.24) is 0 Å². The van der Waals surface area contributed by atoms with E-state index in [0.717, 1.165) is 0 Å². The highest BCUT2D eigenvalue weighted by atomic mass is 16.2. The summed E-state index contributed by atoms with van der Waals surface area (Å²) in [7, 11) is 0. The van der Waals surface area contributed by atoms with Crippen LogP contribution in [0.3, 0.4) is 0 Å². The van der Waals surface area contributed by atoms with E-state index in [4.69, 9.17) is 6.42 Å². The number of para-hydroxylation sites is 1. The summed E-state index contributed by atoms with van der Waals surface area (Å²) in [4.78, 5) is 23.5. The number of Topliss-reactive ketones (excluding diaryl/α,β-unsaturated/α-hetero) is 1. The van der Waals surface area contributed by atoms with Gasteiger partial charge in [0.05, 0.1) is 11.4 Å². The molecule has 0 N–H and O–H groups in total. The predicted octanol–water partition coefficient (Wildman–Crippen LogP) is 1.23. The summed E-state index contributed by atoms with van der Waals surface area (Å²) in [6.45, 7) is 1.63. The molecule has 2 rings (SSSR count). The average molecular weight is 226 g/mol. The van der Waals surface area contributed by atoms with Crippen molar-refractivity contribution in [3.8, 4) is 12.3 Å². The molecule has 4 nitrogen and oxygen atoms in total. The lowest BCUT2D eigenvalue weighted by molar-refractivity contribution is -0.126. The number of benzene rings is 1. The highest BCUT2D eigenvalue weighted by Crippen LogP contribution is 2.23. The standard InChI is InChI=1S/C13H10N2O2/c1-3-11(16)12-9(2)14-15(13(12)17)10-7-5-4-6-8-10/h1,4-8,12H,2H3. The van der Waals surface area contributed by atoms with Crippen LogP contribution in [0, 0.1) is 18.3 Å². The van der Waals surface area contributed by atoms with Crippen LogP contribution >= 0.6 is 0 Å². The van der Waals surface area contributed by atoms with E-state index in [0.29, 0.717) is 11.4 Å². The van der Waals surface area contributed by atoms with Gasteiger partial charge in [-0.05, 0) is 25.0 Å². The van der Waals surface area contributed by atoms with E-state index < -0.39 is 17.6 Å². The lowest BCUT2D eigenvalue weighted by Gasteiger charge is -2.12. The number of nitrogens with zero attached hydrogens (tertiary/aromatic N) is 2. The Labute approximate surface area is 98.9 Å². The Morgan fingerprint density at radius 3 is 2.65 bits per heavy atom. The molecule has 1 aliphatic heterocycles. The number of hydrazone groups is 1. The molecule has 84 valence electrons. The van der Waals surface area contributed by atoms with Gasteiger partial charge in [0, 0.05) is 0 Å². The van der Waals surface area contributed by atoms with Crippen molar-refractivity contribution in [2.75, 3.05) is 5.01 Å². The first-order valence-corrected chi connectivity index (χ1v) is 5.09. The number of terminal acetylenes is 1. The Hall–Kier alpha value is -2.41. The molecular formula is C13H10N2O2. The van der Waals surface area contributed by atoms with Crippen molar-refractivity contribution in [2.24, 2.45) is 11.0 Å². The van der Waals surface area contributed by atoms with Gasteiger partial charge in [-0.25, -0.2) is 0 Å². The minimum atomic E-state index is -0.930. The molecule has 1 atom stereocenters. The maximum atomic E-state index is 12.0. The van der Waals surface area contributed by atoms with Crippen LogP contribution in [-0.4, -0.2) is 17.4 Å². The third-order valence-electron chi connectivity index (χ3n) is 2.54. The minimum absolute atomic E-state index is 0.392. The summed E-state index contributed by atoms with van der Waals surface area (Å²) in [6, 6.07) is 8.92. The summed E-state index contributed by atoms with van der Waals surface area (Å²) in [5, 5.41) is 5.29. The quantitative estimate of drug-likeness (QED) is 0.432. The van der Waals surface area contributed by atoms with Gasteiger partial charge in [0.15, 0.2) is 5.92 Å². The molecule has 0 radical (unpaired) electrons. The fraction of sp³-hybridized carbons (Fsp3) is 0.154. The van der Waals surface area contributed by atoms with Crippen molar-refractivity contribution in [3.05, 3.63) is 30.3 Å². The van der Waals surface area contributed by atoms with E-state index in [1.807, 2.05) is 12.0 Å². The maximum Gasteiger partial charge on any atom is 0.264 e. The van der Waals surface area contributed by atoms with E-state index in [-0.39, 0.29) is 0 Å². The lowest BCUT2D eigenvalue weighted by atomic mass is 10.00. The molecule has 17 heavy (non-hydrogen) atoms. The first-order valence-electron chi connectivity index (χ1n) is 5.09. The molecule has 1 amide bonds. The van der Waals surface area contributed by atoms with Gasteiger partial charge in [0.25, 0.3) is 5.91 Å². The third kappa shape index (κ3) is 1.83. The fourth-order valence-corrected chi connectivity index (χ4v) is 1.71. The second-order valence-electron chi connectivity index (χ2n) is 3.67. The third-order valence-corrected chi connectivity index (χ3v) is 2.54. The van der Waals surface area contributed by atoms with Gasteiger partial charge < -0.3 is 0 Å². The molecule has 1 heterocycles. The number of hydrogen-bond acceptors (Lipinski definition) is 3. The number of amides is 1. The van der Waals surface area contributed by atoms with E-state index in [2.05, 4.69) is 5.10 Å². The van der Waals surface area contributed by atoms with E-state index in [9.17, 15) is 9.59 Å². The highest BCUT2D eigenvalue weighted by molar-refractivity contribution is 6.30. The molecule has 1 aromatic carbocycles. The second-order valence-corrected chi connectivity index (χ2v) is 3.67. The smallest absolute Gasteiger partial charge is 0.264 e. The summed E-state index contributed by atoms with van der Waals surface area (Å²) >= 11 is 0. The highest BCUT2D eigenvalue weighted by Gasteiger charge is 2.38. The van der Waals surface area contributed by atoms with Crippen molar-refractivity contribution < 1.29 is 9.59 Å². The monoisotopic (exact) mass is 226 g/mol. The number of anilines is 1. The number of rotatable bonds is 2. The molecule has 0 saturated carbocycles. The van der Waals surface area contributed by atoms with Gasteiger partial charge in [0.2, 0.25) is 5.78 Å². The van der Waals surface area contributed by atoms with Gasteiger partial charge in [-0.15, -0.1) is 6.42 Å². The Morgan fingerprint density at radius 1 is 1.41 bits per heavy atom. The first-order chi connectivity index (χ1) is 8.15. The second kappa shape index (κ2) is 4.22. The Bertz CT molecular complexity index is 540. The van der Waals surface area contributed by atoms with Crippen LogP contribution in [0.5, 0.6) is 0 Å². The van der Waals surface area contributed by atoms with Crippen LogP contribution in [0.15, 0.2) is 35.4 Å². The lowest BCUT2D eigenvalue weighted by Crippen LogP contribution is -2.31. The molecule has 0 aliphatic carbocycles. The minimum Gasteiger partial charge on any atom is -0.284 e. The molecule has 1 aliphatic rings. The van der Waals surface area contributed by atoms with Gasteiger partial charge in [-0.3, -0.25) is 9.59 Å². The normalized spacial score (nSPS) is 18.8. The SMILES string of the molecule is C#CC(=O)C1C(=O)N(c2ccccc2)N=C1C. The summed E-state index contributed by atoms with van der Waals surface area (Å²) < 4.78 is 0. The topological polar surface area (TPSA) is 49.7 Å². The van der Waals surface area contributed by atoms with E-state index >= 15 is 0 Å². The molecule has 1 aromatic rings. The molecule has 4 heteroatoms. The molecule has 0 saturated heterocycles. The van der Waals surface area contributed by atoms with Gasteiger partial charge in [-0.1, -0.05) is 18.2 Å². The Morgan fingerprint density at radius 2 is 2.06 bits per heavy atom. The fourth-order valence-electron chi connectivity index (χ4n) is 1.71. The van der Waals surface area contributed by atoms with E-state index in [1.165, 1.54) is 5.01 Å². The van der Waals surface area contributed by atoms with Gasteiger partial charge >= 0.3 is 0 Å². The Balaban J connectivity index is 2.35. The molecule has 1 unspecified atom stereocenters. The zero-order valence-electron chi connectivity index (χ0n) is 9.25. The molecule has 0 spiro atoms. The largest absolute Gasteiger partial charge is 0.284 e. The van der Waals surface area contributed by atoms with Crippen LogP contribution in [0.4, 0.5) is 5.69 Å². The number of ketones is 1. The van der Waals surface area contributed by atoms with Gasteiger partial charge in [-0.2, -0.15) is 10.1 Å². The Kier molecular flexibility index (Phi) is 2.75. The van der Waals surface area contributed by atoms with Crippen molar-refractivity contribution >= 4 is 23.1 Å². The van der Waals surface area contributed by atoms with Crippen LogP contribution < -0.4 is 5.01 Å². The van der Waals surface area contributed by atoms with Crippen LogP contribution in [0.2, 0.25) is 0 Å². The number of carbonyl (C=O) groups excluding carboxylic acids is 2. The summed E-state index contributed by atoms with van der Waals surface area (Å²) in [5.41, 5.74) is 1.06. The average Bonchev–Trinajstić information content (AvgIpc) is 2.65. The molecule has 0 bridgehead atoms. The first kappa shape index (κ1) is 11.1. The van der Waals surface area contributed by atoms with Crippen LogP contribution in [0.1, 0.15) is 6.92 Å². The zero-order valence-corrected chi connectivity index (χ0v) is 9.25. The number of hydrogen-bond donors (Lipinski definition) is 0. The summed E-state index contributed by atoms with van der Waals surface area (Å²) in [5.74, 6) is 0.104. The molecule has 0 aromatic heterocycles. The van der Waals surface area contributed by atoms with E-state index in [1.54, 1.807) is 31.2 Å². The van der Waals surface area contributed by atoms with Crippen LogP contribution in [0.25, 0.3) is 0 Å². The zero-order chi connectivity index (χ0) is 12.4.